The lowest BCUT2D eigenvalue weighted by Gasteiger charge is -2.31. The van der Waals surface area contributed by atoms with Crippen molar-refractivity contribution in [1.82, 2.24) is 9.88 Å². The number of benzene rings is 2. The molecule has 0 aliphatic heterocycles. The van der Waals surface area contributed by atoms with Crippen LogP contribution in [-0.2, 0) is 24.1 Å². The van der Waals surface area contributed by atoms with Crippen molar-refractivity contribution in [3.05, 3.63) is 69.8 Å². The maximum atomic E-state index is 12.7. The van der Waals surface area contributed by atoms with Crippen molar-refractivity contribution in [3.63, 3.8) is 0 Å². The number of rotatable bonds is 3. The van der Waals surface area contributed by atoms with E-state index in [1.807, 2.05) is 36.2 Å². The number of nitrogens with zero attached hydrogens (tertiary/aromatic N) is 1. The minimum atomic E-state index is 0.190. The zero-order valence-electron chi connectivity index (χ0n) is 14.3. The van der Waals surface area contributed by atoms with Crippen molar-refractivity contribution in [2.24, 2.45) is 0 Å². The predicted molar refractivity (Wildman–Crippen MR) is 105 cm³/mol. The van der Waals surface area contributed by atoms with Gasteiger partial charge in [-0.05, 0) is 48.6 Å². The molecule has 2 aromatic carbocycles. The summed E-state index contributed by atoms with van der Waals surface area (Å²) in [5.74, 6) is 0.190. The summed E-state index contributed by atoms with van der Waals surface area (Å²) in [6.07, 6.45) is 3.41. The van der Waals surface area contributed by atoms with Gasteiger partial charge in [-0.2, -0.15) is 0 Å². The number of hydrogen-bond donors (Lipinski definition) is 1. The fraction of sp³-hybridized carbons (Fsp3) is 0.286. The summed E-state index contributed by atoms with van der Waals surface area (Å²) in [5.41, 5.74) is 4.99. The molecule has 4 heteroatoms. The summed E-state index contributed by atoms with van der Waals surface area (Å²) in [6.45, 7) is 0. The molecule has 3 aromatic rings. The van der Waals surface area contributed by atoms with E-state index in [9.17, 15) is 4.79 Å². The third-order valence-electron chi connectivity index (χ3n) is 5.28. The van der Waals surface area contributed by atoms with Gasteiger partial charge in [0.1, 0.15) is 0 Å². The van der Waals surface area contributed by atoms with Crippen LogP contribution in [0, 0.1) is 0 Å². The number of aromatic amines is 1. The first kappa shape index (κ1) is 16.4. The van der Waals surface area contributed by atoms with Crippen LogP contribution in [0.4, 0.5) is 0 Å². The van der Waals surface area contributed by atoms with Crippen LogP contribution in [0.15, 0.2) is 53.0 Å². The Labute approximate surface area is 156 Å². The topological polar surface area (TPSA) is 36.1 Å². The van der Waals surface area contributed by atoms with Crippen LogP contribution in [0.3, 0.4) is 0 Å². The number of nitrogens with one attached hydrogen (secondary N) is 1. The third kappa shape index (κ3) is 3.23. The molecule has 25 heavy (non-hydrogen) atoms. The van der Waals surface area contributed by atoms with E-state index in [-0.39, 0.29) is 11.9 Å². The van der Waals surface area contributed by atoms with Gasteiger partial charge in [0.05, 0.1) is 6.42 Å². The van der Waals surface area contributed by atoms with Crippen LogP contribution in [0.5, 0.6) is 0 Å². The number of amides is 1. The van der Waals surface area contributed by atoms with Gasteiger partial charge in [-0.25, -0.2) is 0 Å². The molecular weight excluding hydrogens is 376 g/mol. The van der Waals surface area contributed by atoms with E-state index < -0.39 is 0 Å². The normalized spacial score (nSPS) is 16.6. The van der Waals surface area contributed by atoms with Crippen molar-refractivity contribution in [2.75, 3.05) is 7.05 Å². The van der Waals surface area contributed by atoms with Crippen molar-refractivity contribution in [1.29, 1.82) is 0 Å². The molecule has 1 aliphatic rings. The van der Waals surface area contributed by atoms with Gasteiger partial charge in [0.2, 0.25) is 5.91 Å². The Morgan fingerprint density at radius 3 is 2.76 bits per heavy atom. The molecule has 1 aromatic heterocycles. The Kier molecular flexibility index (Phi) is 4.38. The molecule has 3 nitrogen and oxygen atoms in total. The summed E-state index contributed by atoms with van der Waals surface area (Å²) < 4.78 is 1.04. The standard InChI is InChI=1S/C21H21BrN2O/c1-24(21(25)12-14-6-8-15(22)9-7-14)16-10-11-20-18(13-16)17-4-2-3-5-19(17)23-20/h2-9,16,23H,10-13H2,1H3. The number of aryl methyl sites for hydroxylation is 1. The number of aromatic nitrogens is 1. The first-order valence-electron chi connectivity index (χ1n) is 8.70. The van der Waals surface area contributed by atoms with Gasteiger partial charge in [0.25, 0.3) is 0 Å². The number of hydrogen-bond acceptors (Lipinski definition) is 1. The van der Waals surface area contributed by atoms with Gasteiger partial charge >= 0.3 is 0 Å². The molecule has 0 radical (unpaired) electrons. The highest BCUT2D eigenvalue weighted by atomic mass is 79.9. The molecule has 0 spiro atoms. The van der Waals surface area contributed by atoms with Gasteiger partial charge in [0, 0.05) is 34.2 Å². The Bertz CT molecular complexity index is 913. The minimum absolute atomic E-state index is 0.190. The molecular formula is C21H21BrN2O. The summed E-state index contributed by atoms with van der Waals surface area (Å²) in [6, 6.07) is 16.7. The van der Waals surface area contributed by atoms with Gasteiger partial charge in [-0.3, -0.25) is 4.79 Å². The Hall–Kier alpha value is -2.07. The number of para-hydroxylation sites is 1. The molecule has 0 saturated carbocycles. The number of halogens is 1. The van der Waals surface area contributed by atoms with Gasteiger partial charge in [0.15, 0.2) is 0 Å². The lowest BCUT2D eigenvalue weighted by molar-refractivity contribution is -0.131. The molecule has 1 N–H and O–H groups in total. The van der Waals surface area contributed by atoms with E-state index in [1.165, 1.54) is 22.2 Å². The van der Waals surface area contributed by atoms with Crippen molar-refractivity contribution < 1.29 is 4.79 Å². The van der Waals surface area contributed by atoms with E-state index in [4.69, 9.17) is 0 Å². The second kappa shape index (κ2) is 6.68. The van der Waals surface area contributed by atoms with Crippen molar-refractivity contribution in [3.8, 4) is 0 Å². The average Bonchev–Trinajstić information content (AvgIpc) is 3.01. The highest BCUT2D eigenvalue weighted by Gasteiger charge is 2.27. The average molecular weight is 397 g/mol. The molecule has 1 atom stereocenters. The molecule has 128 valence electrons. The molecule has 1 unspecified atom stereocenters. The first-order valence-corrected chi connectivity index (χ1v) is 9.49. The van der Waals surface area contributed by atoms with Crippen molar-refractivity contribution >= 4 is 32.7 Å². The van der Waals surface area contributed by atoms with E-state index in [2.05, 4.69) is 45.2 Å². The van der Waals surface area contributed by atoms with Crippen LogP contribution in [-0.4, -0.2) is 28.9 Å². The lowest BCUT2D eigenvalue weighted by atomic mass is 9.90. The lowest BCUT2D eigenvalue weighted by Crippen LogP contribution is -2.41. The summed E-state index contributed by atoms with van der Waals surface area (Å²) in [7, 11) is 1.95. The monoisotopic (exact) mass is 396 g/mol. The second-order valence-electron chi connectivity index (χ2n) is 6.83. The van der Waals surface area contributed by atoms with Crippen LogP contribution < -0.4 is 0 Å². The smallest absolute Gasteiger partial charge is 0.226 e. The van der Waals surface area contributed by atoms with Gasteiger partial charge < -0.3 is 9.88 Å². The number of carbonyl (C=O) groups is 1. The summed E-state index contributed by atoms with van der Waals surface area (Å²) in [4.78, 5) is 18.2. The Morgan fingerprint density at radius 2 is 1.96 bits per heavy atom. The molecule has 0 bridgehead atoms. The van der Waals surface area contributed by atoms with E-state index in [1.54, 1.807) is 0 Å². The molecule has 1 aliphatic carbocycles. The molecule has 0 saturated heterocycles. The predicted octanol–water partition coefficient (Wildman–Crippen LogP) is 4.49. The van der Waals surface area contributed by atoms with Crippen LogP contribution in [0.2, 0.25) is 0 Å². The fourth-order valence-corrected chi connectivity index (χ4v) is 4.05. The SMILES string of the molecule is CN(C(=O)Cc1ccc(Br)cc1)C1CCc2[nH]c3ccccc3c2C1. The summed E-state index contributed by atoms with van der Waals surface area (Å²) >= 11 is 3.44. The fourth-order valence-electron chi connectivity index (χ4n) is 3.79. The zero-order chi connectivity index (χ0) is 17.4. The van der Waals surface area contributed by atoms with Crippen LogP contribution in [0.25, 0.3) is 10.9 Å². The second-order valence-corrected chi connectivity index (χ2v) is 7.75. The number of carbonyl (C=O) groups excluding carboxylic acids is 1. The van der Waals surface area contributed by atoms with Crippen LogP contribution in [0.1, 0.15) is 23.2 Å². The number of likely N-dealkylation sites (N-methyl/N-ethyl adjacent to an activating group) is 1. The Morgan fingerprint density at radius 1 is 1.20 bits per heavy atom. The molecule has 1 amide bonds. The molecule has 1 heterocycles. The maximum absolute atomic E-state index is 12.7. The number of fused-ring (bicyclic) bond motifs is 3. The summed E-state index contributed by atoms with van der Waals surface area (Å²) in [5, 5.41) is 1.30. The maximum Gasteiger partial charge on any atom is 0.226 e. The first-order chi connectivity index (χ1) is 12.1. The molecule has 4 rings (SSSR count). The van der Waals surface area contributed by atoms with Crippen LogP contribution >= 0.6 is 15.9 Å². The number of H-pyrrole nitrogens is 1. The highest BCUT2D eigenvalue weighted by molar-refractivity contribution is 9.10. The zero-order valence-corrected chi connectivity index (χ0v) is 15.8. The van der Waals surface area contributed by atoms with Gasteiger partial charge in [-0.1, -0.05) is 46.3 Å². The largest absolute Gasteiger partial charge is 0.358 e. The van der Waals surface area contributed by atoms with Crippen molar-refractivity contribution in [2.45, 2.75) is 31.7 Å². The van der Waals surface area contributed by atoms with Gasteiger partial charge in [-0.15, -0.1) is 0 Å². The molecule has 0 fully saturated rings. The Balaban J connectivity index is 1.50. The van der Waals surface area contributed by atoms with E-state index >= 15 is 0 Å². The third-order valence-corrected chi connectivity index (χ3v) is 5.81. The van der Waals surface area contributed by atoms with E-state index in [0.717, 1.165) is 29.3 Å². The minimum Gasteiger partial charge on any atom is -0.358 e. The van der Waals surface area contributed by atoms with E-state index in [0.29, 0.717) is 6.42 Å². The highest BCUT2D eigenvalue weighted by Crippen LogP contribution is 2.30. The quantitative estimate of drug-likeness (QED) is 0.695.